The summed E-state index contributed by atoms with van der Waals surface area (Å²) in [7, 11) is 1.80. The Balaban J connectivity index is 1.86. The van der Waals surface area contributed by atoms with Crippen molar-refractivity contribution in [3.8, 4) is 0 Å². The molecule has 1 unspecified atom stereocenters. The van der Waals surface area contributed by atoms with Gasteiger partial charge in [-0.3, -0.25) is 9.89 Å². The molecule has 0 saturated carbocycles. The Morgan fingerprint density at radius 2 is 2.08 bits per heavy atom. The van der Waals surface area contributed by atoms with E-state index in [-0.39, 0.29) is 0 Å². The lowest BCUT2D eigenvalue weighted by Crippen LogP contribution is -2.39. The Kier molecular flexibility index (Phi) is 8.77. The van der Waals surface area contributed by atoms with Crippen LogP contribution in [0.4, 0.5) is 0 Å². The van der Waals surface area contributed by atoms with Crippen LogP contribution in [0.1, 0.15) is 37.8 Å². The molecule has 1 fully saturated rings. The number of likely N-dealkylation sites (tertiary alicyclic amines) is 1. The monoisotopic (exact) mass is 346 g/mol. The third-order valence-electron chi connectivity index (χ3n) is 4.67. The zero-order valence-corrected chi connectivity index (χ0v) is 16.1. The van der Waals surface area contributed by atoms with Crippen molar-refractivity contribution in [1.82, 2.24) is 15.5 Å². The van der Waals surface area contributed by atoms with Gasteiger partial charge in [-0.05, 0) is 43.4 Å². The summed E-state index contributed by atoms with van der Waals surface area (Å²) in [4.78, 5) is 6.87. The van der Waals surface area contributed by atoms with E-state index in [9.17, 15) is 0 Å². The van der Waals surface area contributed by atoms with Gasteiger partial charge in [0.05, 0.1) is 6.61 Å². The molecule has 2 rings (SSSR count). The second-order valence-electron chi connectivity index (χ2n) is 6.80. The van der Waals surface area contributed by atoms with Gasteiger partial charge in [-0.15, -0.1) is 0 Å². The Hall–Kier alpha value is -1.59. The number of nitrogens with zero attached hydrogens (tertiary/aromatic N) is 2. The largest absolute Gasteiger partial charge is 0.380 e. The lowest BCUT2D eigenvalue weighted by molar-refractivity contribution is 0.152. The molecule has 1 heterocycles. The SMILES string of the molecule is CCOCCNC(=NC)NCc1ccccc1CN1CCCC(C)C1. The Labute approximate surface area is 152 Å². The van der Waals surface area contributed by atoms with Crippen LogP contribution < -0.4 is 10.6 Å². The number of ether oxygens (including phenoxy) is 1. The summed E-state index contributed by atoms with van der Waals surface area (Å²) in [5.74, 6) is 1.63. The van der Waals surface area contributed by atoms with Gasteiger partial charge in [-0.25, -0.2) is 0 Å². The van der Waals surface area contributed by atoms with Crippen molar-refractivity contribution in [2.45, 2.75) is 39.8 Å². The normalized spacial score (nSPS) is 19.0. The van der Waals surface area contributed by atoms with Crippen molar-refractivity contribution in [2.24, 2.45) is 10.9 Å². The molecule has 5 nitrogen and oxygen atoms in total. The van der Waals surface area contributed by atoms with Gasteiger partial charge in [0.25, 0.3) is 0 Å². The summed E-state index contributed by atoms with van der Waals surface area (Å²) in [6.07, 6.45) is 2.68. The predicted molar refractivity (Wildman–Crippen MR) is 105 cm³/mol. The molecule has 0 radical (unpaired) electrons. The maximum absolute atomic E-state index is 5.35. The van der Waals surface area contributed by atoms with Gasteiger partial charge >= 0.3 is 0 Å². The lowest BCUT2D eigenvalue weighted by Gasteiger charge is -2.31. The second-order valence-corrected chi connectivity index (χ2v) is 6.80. The zero-order chi connectivity index (χ0) is 17.9. The number of rotatable bonds is 8. The first-order valence-electron chi connectivity index (χ1n) is 9.54. The molecule has 0 spiro atoms. The van der Waals surface area contributed by atoms with E-state index in [0.717, 1.165) is 38.1 Å². The third-order valence-corrected chi connectivity index (χ3v) is 4.67. The van der Waals surface area contributed by atoms with Crippen LogP contribution in [0.2, 0.25) is 0 Å². The quantitative estimate of drug-likeness (QED) is 0.432. The zero-order valence-electron chi connectivity index (χ0n) is 16.1. The molecule has 1 aliphatic heterocycles. The Bertz CT molecular complexity index is 532. The number of benzene rings is 1. The van der Waals surface area contributed by atoms with E-state index in [0.29, 0.717) is 6.61 Å². The highest BCUT2D eigenvalue weighted by atomic mass is 16.5. The summed E-state index contributed by atoms with van der Waals surface area (Å²) >= 11 is 0. The van der Waals surface area contributed by atoms with E-state index in [4.69, 9.17) is 4.74 Å². The van der Waals surface area contributed by atoms with Crippen LogP contribution in [0.3, 0.4) is 0 Å². The Morgan fingerprint density at radius 1 is 1.28 bits per heavy atom. The molecule has 0 aliphatic carbocycles. The molecule has 5 heteroatoms. The fourth-order valence-corrected chi connectivity index (χ4v) is 3.34. The number of hydrogen-bond donors (Lipinski definition) is 2. The molecule has 1 aliphatic rings. The van der Waals surface area contributed by atoms with Gasteiger partial charge in [0.15, 0.2) is 5.96 Å². The molecule has 0 amide bonds. The van der Waals surface area contributed by atoms with Crippen LogP contribution in [0.5, 0.6) is 0 Å². The highest BCUT2D eigenvalue weighted by Crippen LogP contribution is 2.19. The number of guanidine groups is 1. The van der Waals surface area contributed by atoms with Crippen molar-refractivity contribution >= 4 is 5.96 Å². The highest BCUT2D eigenvalue weighted by molar-refractivity contribution is 5.79. The third kappa shape index (κ3) is 7.04. The number of nitrogens with one attached hydrogen (secondary N) is 2. The Morgan fingerprint density at radius 3 is 2.80 bits per heavy atom. The summed E-state index contributed by atoms with van der Waals surface area (Å²) in [5.41, 5.74) is 2.75. The average molecular weight is 347 g/mol. The van der Waals surface area contributed by atoms with Crippen molar-refractivity contribution in [3.63, 3.8) is 0 Å². The minimum absolute atomic E-state index is 0.695. The molecular formula is C20H34N4O. The van der Waals surface area contributed by atoms with Crippen LogP contribution in [0.25, 0.3) is 0 Å². The first-order chi connectivity index (χ1) is 12.2. The minimum atomic E-state index is 0.695. The second kappa shape index (κ2) is 11.1. The van der Waals surface area contributed by atoms with Crippen molar-refractivity contribution < 1.29 is 4.74 Å². The first-order valence-corrected chi connectivity index (χ1v) is 9.54. The van der Waals surface area contributed by atoms with Gasteiger partial charge < -0.3 is 15.4 Å². The van der Waals surface area contributed by atoms with E-state index in [1.165, 1.54) is 37.1 Å². The minimum Gasteiger partial charge on any atom is -0.380 e. The summed E-state index contributed by atoms with van der Waals surface area (Å²) < 4.78 is 5.35. The summed E-state index contributed by atoms with van der Waals surface area (Å²) in [6, 6.07) is 8.72. The maximum atomic E-state index is 5.35. The standard InChI is InChI=1S/C20H34N4O/c1-4-25-13-11-22-20(21-3)23-14-18-9-5-6-10-19(18)16-24-12-7-8-17(2)15-24/h5-6,9-10,17H,4,7-8,11-16H2,1-3H3,(H2,21,22,23). The molecular weight excluding hydrogens is 312 g/mol. The van der Waals surface area contributed by atoms with E-state index in [1.54, 1.807) is 7.05 Å². The van der Waals surface area contributed by atoms with E-state index in [1.807, 2.05) is 6.92 Å². The van der Waals surface area contributed by atoms with Crippen molar-refractivity contribution in [1.29, 1.82) is 0 Å². The summed E-state index contributed by atoms with van der Waals surface area (Å²) in [5, 5.41) is 6.70. The van der Waals surface area contributed by atoms with E-state index >= 15 is 0 Å². The molecule has 0 aromatic heterocycles. The molecule has 1 aromatic carbocycles. The number of piperidine rings is 1. The average Bonchev–Trinajstić information content (AvgIpc) is 2.62. The van der Waals surface area contributed by atoms with Gasteiger partial charge in [0.2, 0.25) is 0 Å². The lowest BCUT2D eigenvalue weighted by atomic mass is 9.99. The molecule has 2 N–H and O–H groups in total. The van der Waals surface area contributed by atoms with Crippen LogP contribution >= 0.6 is 0 Å². The fraction of sp³-hybridized carbons (Fsp3) is 0.650. The molecule has 1 atom stereocenters. The van der Waals surface area contributed by atoms with Crippen LogP contribution in [-0.2, 0) is 17.8 Å². The number of aliphatic imine (C=N–C) groups is 1. The van der Waals surface area contributed by atoms with Crippen LogP contribution in [0.15, 0.2) is 29.3 Å². The molecule has 1 saturated heterocycles. The van der Waals surface area contributed by atoms with Gasteiger partial charge in [-0.2, -0.15) is 0 Å². The van der Waals surface area contributed by atoms with E-state index < -0.39 is 0 Å². The molecule has 1 aromatic rings. The highest BCUT2D eigenvalue weighted by Gasteiger charge is 2.17. The number of hydrogen-bond acceptors (Lipinski definition) is 3. The summed E-state index contributed by atoms with van der Waals surface area (Å²) in [6.45, 7) is 10.8. The van der Waals surface area contributed by atoms with Gasteiger partial charge in [0.1, 0.15) is 0 Å². The predicted octanol–water partition coefficient (Wildman–Crippen LogP) is 2.62. The molecule has 140 valence electrons. The molecule has 25 heavy (non-hydrogen) atoms. The van der Waals surface area contributed by atoms with Gasteiger partial charge in [-0.1, -0.05) is 31.2 Å². The van der Waals surface area contributed by atoms with E-state index in [2.05, 4.69) is 51.7 Å². The van der Waals surface area contributed by atoms with Crippen molar-refractivity contribution in [3.05, 3.63) is 35.4 Å². The molecule has 0 bridgehead atoms. The maximum Gasteiger partial charge on any atom is 0.191 e. The van der Waals surface area contributed by atoms with Crippen LogP contribution in [0, 0.1) is 5.92 Å². The smallest absolute Gasteiger partial charge is 0.191 e. The topological polar surface area (TPSA) is 48.9 Å². The first kappa shape index (κ1) is 19.7. The van der Waals surface area contributed by atoms with Crippen LogP contribution in [-0.4, -0.2) is 50.8 Å². The van der Waals surface area contributed by atoms with Gasteiger partial charge in [0, 0.05) is 39.8 Å². The fourth-order valence-electron chi connectivity index (χ4n) is 3.34. The van der Waals surface area contributed by atoms with Crippen molar-refractivity contribution in [2.75, 3.05) is 39.9 Å².